The second-order valence-electron chi connectivity index (χ2n) is 6.57. The Hall–Kier alpha value is -2.41. The van der Waals surface area contributed by atoms with Crippen molar-refractivity contribution >= 4 is 29.3 Å². The Morgan fingerprint density at radius 2 is 1.85 bits per heavy atom. The molecule has 2 heterocycles. The van der Waals surface area contributed by atoms with Crippen molar-refractivity contribution in [2.45, 2.75) is 24.8 Å². The van der Waals surface area contributed by atoms with Gasteiger partial charge in [0.1, 0.15) is 11.6 Å². The number of thioether (sulfide) groups is 1. The highest BCUT2D eigenvalue weighted by atomic mass is 32.2. The fourth-order valence-corrected chi connectivity index (χ4v) is 5.23. The molecule has 1 fully saturated rings. The van der Waals surface area contributed by atoms with Crippen LogP contribution in [0, 0.1) is 11.6 Å². The van der Waals surface area contributed by atoms with E-state index in [0.29, 0.717) is 23.5 Å². The van der Waals surface area contributed by atoms with E-state index in [0.717, 1.165) is 5.56 Å². The standard InChI is InChI=1S/C20H18F2N2O2S/c1-2-18(25)24-9-10-27-20(24)16-11-15(22)7-8-17(16)23(19(20)26)12-13-3-5-14(21)6-4-13/h3-8,11H,2,9-10,12H2,1H3/t20-/m0/s1. The van der Waals surface area contributed by atoms with Gasteiger partial charge in [-0.3, -0.25) is 9.59 Å². The smallest absolute Gasteiger partial charge is 0.268 e. The van der Waals surface area contributed by atoms with Gasteiger partial charge in [-0.2, -0.15) is 0 Å². The van der Waals surface area contributed by atoms with E-state index in [1.807, 2.05) is 0 Å². The molecule has 2 aliphatic heterocycles. The summed E-state index contributed by atoms with van der Waals surface area (Å²) in [5, 5.41) is 0. The molecule has 2 aromatic carbocycles. The Morgan fingerprint density at radius 1 is 1.15 bits per heavy atom. The van der Waals surface area contributed by atoms with E-state index in [1.54, 1.807) is 34.9 Å². The number of fused-ring (bicyclic) bond motifs is 2. The first kappa shape index (κ1) is 18.0. The van der Waals surface area contributed by atoms with Crippen LogP contribution in [0.3, 0.4) is 0 Å². The van der Waals surface area contributed by atoms with Crippen molar-refractivity contribution in [3.05, 3.63) is 65.2 Å². The van der Waals surface area contributed by atoms with E-state index in [-0.39, 0.29) is 30.6 Å². The minimum atomic E-state index is -1.22. The van der Waals surface area contributed by atoms with Crippen LogP contribution in [0.5, 0.6) is 0 Å². The molecule has 0 aromatic heterocycles. The third-order valence-electron chi connectivity index (χ3n) is 5.01. The van der Waals surface area contributed by atoms with Crippen LogP contribution in [-0.4, -0.2) is 29.0 Å². The van der Waals surface area contributed by atoms with Gasteiger partial charge in [0.25, 0.3) is 5.91 Å². The SMILES string of the molecule is CCC(=O)N1CCS[C@@]12C(=O)N(Cc1ccc(F)cc1)c1ccc(F)cc12. The monoisotopic (exact) mass is 388 g/mol. The fourth-order valence-electron chi connectivity index (χ4n) is 3.76. The molecule has 1 atom stereocenters. The van der Waals surface area contributed by atoms with Crippen LogP contribution in [0.25, 0.3) is 0 Å². The summed E-state index contributed by atoms with van der Waals surface area (Å²) in [7, 11) is 0. The highest BCUT2D eigenvalue weighted by molar-refractivity contribution is 8.01. The maximum absolute atomic E-state index is 14.0. The number of hydrogen-bond donors (Lipinski definition) is 0. The average molecular weight is 388 g/mol. The van der Waals surface area contributed by atoms with Gasteiger partial charge in [-0.15, -0.1) is 11.8 Å². The lowest BCUT2D eigenvalue weighted by Gasteiger charge is -2.33. The number of rotatable bonds is 3. The Labute approximate surface area is 160 Å². The molecule has 1 spiro atoms. The lowest BCUT2D eigenvalue weighted by Crippen LogP contribution is -2.50. The largest absolute Gasteiger partial charge is 0.315 e. The highest BCUT2D eigenvalue weighted by Gasteiger charge is 2.59. The maximum Gasteiger partial charge on any atom is 0.268 e. The van der Waals surface area contributed by atoms with Crippen molar-refractivity contribution < 1.29 is 18.4 Å². The zero-order chi connectivity index (χ0) is 19.2. The second kappa shape index (κ2) is 6.64. The van der Waals surface area contributed by atoms with Gasteiger partial charge in [-0.05, 0) is 35.9 Å². The Bertz CT molecular complexity index is 919. The molecule has 0 saturated carbocycles. The van der Waals surface area contributed by atoms with E-state index in [1.165, 1.54) is 36.0 Å². The number of halogens is 2. The van der Waals surface area contributed by atoms with Crippen LogP contribution in [0.2, 0.25) is 0 Å². The number of amides is 2. The molecule has 27 heavy (non-hydrogen) atoms. The van der Waals surface area contributed by atoms with Crippen molar-refractivity contribution in [3.63, 3.8) is 0 Å². The molecule has 4 rings (SSSR count). The molecule has 2 aliphatic rings. The van der Waals surface area contributed by atoms with Crippen LogP contribution in [0.15, 0.2) is 42.5 Å². The lowest BCUT2D eigenvalue weighted by molar-refractivity contribution is -0.139. The van der Waals surface area contributed by atoms with Gasteiger partial charge in [0, 0.05) is 24.3 Å². The third kappa shape index (κ3) is 2.72. The number of hydrogen-bond acceptors (Lipinski definition) is 3. The van der Waals surface area contributed by atoms with Crippen LogP contribution in [0.1, 0.15) is 24.5 Å². The molecular weight excluding hydrogens is 370 g/mol. The number of carbonyl (C=O) groups is 2. The van der Waals surface area contributed by atoms with E-state index >= 15 is 0 Å². The molecule has 7 heteroatoms. The Balaban J connectivity index is 1.81. The molecule has 2 aromatic rings. The summed E-state index contributed by atoms with van der Waals surface area (Å²) >= 11 is 1.37. The summed E-state index contributed by atoms with van der Waals surface area (Å²) in [6, 6.07) is 10.2. The Kier molecular flexibility index (Phi) is 4.42. The van der Waals surface area contributed by atoms with Crippen molar-refractivity contribution in [2.24, 2.45) is 0 Å². The van der Waals surface area contributed by atoms with E-state index in [2.05, 4.69) is 0 Å². The minimum absolute atomic E-state index is 0.132. The molecular formula is C20H18F2N2O2S. The van der Waals surface area contributed by atoms with Gasteiger partial charge in [0.05, 0.1) is 12.2 Å². The van der Waals surface area contributed by atoms with Crippen molar-refractivity contribution in [2.75, 3.05) is 17.2 Å². The third-order valence-corrected chi connectivity index (χ3v) is 6.43. The summed E-state index contributed by atoms with van der Waals surface area (Å²) in [4.78, 5) is 28.0. The predicted molar refractivity (Wildman–Crippen MR) is 100 cm³/mol. The van der Waals surface area contributed by atoms with Gasteiger partial charge in [-0.25, -0.2) is 8.78 Å². The molecule has 0 bridgehead atoms. The lowest BCUT2D eigenvalue weighted by atomic mass is 10.1. The fraction of sp³-hybridized carbons (Fsp3) is 0.300. The topological polar surface area (TPSA) is 40.6 Å². The normalized spacial score (nSPS) is 21.2. The molecule has 2 amide bonds. The van der Waals surface area contributed by atoms with Crippen LogP contribution in [-0.2, 0) is 21.0 Å². The molecule has 0 unspecified atom stereocenters. The predicted octanol–water partition coefficient (Wildman–Crippen LogP) is 3.65. The van der Waals surface area contributed by atoms with E-state index < -0.39 is 10.7 Å². The molecule has 0 radical (unpaired) electrons. The first-order chi connectivity index (χ1) is 13.0. The van der Waals surface area contributed by atoms with E-state index in [4.69, 9.17) is 0 Å². The summed E-state index contributed by atoms with van der Waals surface area (Å²) in [6.45, 7) is 2.43. The average Bonchev–Trinajstić information content (AvgIpc) is 3.20. The summed E-state index contributed by atoms with van der Waals surface area (Å²) in [6.07, 6.45) is 0.276. The van der Waals surface area contributed by atoms with Gasteiger partial charge in [-0.1, -0.05) is 19.1 Å². The highest BCUT2D eigenvalue weighted by Crippen LogP contribution is 2.54. The first-order valence-corrected chi connectivity index (χ1v) is 9.77. The van der Waals surface area contributed by atoms with Crippen molar-refractivity contribution in [1.29, 1.82) is 0 Å². The number of nitrogens with zero attached hydrogens (tertiary/aromatic N) is 2. The first-order valence-electron chi connectivity index (χ1n) is 8.78. The molecule has 0 aliphatic carbocycles. The van der Waals surface area contributed by atoms with Gasteiger partial charge < -0.3 is 9.80 Å². The summed E-state index contributed by atoms with van der Waals surface area (Å²) < 4.78 is 27.3. The zero-order valence-electron chi connectivity index (χ0n) is 14.7. The zero-order valence-corrected chi connectivity index (χ0v) is 15.6. The van der Waals surface area contributed by atoms with Gasteiger partial charge >= 0.3 is 0 Å². The van der Waals surface area contributed by atoms with Crippen molar-refractivity contribution in [3.8, 4) is 0 Å². The Morgan fingerprint density at radius 3 is 2.56 bits per heavy atom. The summed E-state index contributed by atoms with van der Waals surface area (Å²) in [5.74, 6) is -0.570. The van der Waals surface area contributed by atoms with E-state index in [9.17, 15) is 18.4 Å². The maximum atomic E-state index is 14.0. The van der Waals surface area contributed by atoms with Gasteiger partial charge in [0.15, 0.2) is 4.87 Å². The molecule has 0 N–H and O–H groups in total. The van der Waals surface area contributed by atoms with Crippen LogP contribution >= 0.6 is 11.8 Å². The van der Waals surface area contributed by atoms with Gasteiger partial charge in [0.2, 0.25) is 5.91 Å². The quantitative estimate of drug-likeness (QED) is 0.806. The molecule has 1 saturated heterocycles. The second-order valence-corrected chi connectivity index (χ2v) is 7.86. The molecule has 4 nitrogen and oxygen atoms in total. The number of carbonyl (C=O) groups excluding carboxylic acids is 2. The van der Waals surface area contributed by atoms with Crippen LogP contribution < -0.4 is 4.90 Å². The summed E-state index contributed by atoms with van der Waals surface area (Å²) in [5.41, 5.74) is 1.86. The minimum Gasteiger partial charge on any atom is -0.315 e. The van der Waals surface area contributed by atoms with Crippen molar-refractivity contribution in [1.82, 2.24) is 4.90 Å². The van der Waals surface area contributed by atoms with Crippen LogP contribution in [0.4, 0.5) is 14.5 Å². The number of anilines is 1. The molecule has 140 valence electrons. The number of benzene rings is 2.